The van der Waals surface area contributed by atoms with Crippen molar-refractivity contribution in [2.45, 2.75) is 43.2 Å². The summed E-state index contributed by atoms with van der Waals surface area (Å²) >= 11 is 5.96. The highest BCUT2D eigenvalue weighted by Crippen LogP contribution is 2.29. The van der Waals surface area contributed by atoms with Crippen LogP contribution in [0.2, 0.25) is 5.02 Å². The zero-order valence-corrected chi connectivity index (χ0v) is 12.4. The van der Waals surface area contributed by atoms with Crippen LogP contribution in [-0.2, 0) is 16.6 Å². The van der Waals surface area contributed by atoms with E-state index in [-0.39, 0.29) is 22.6 Å². The SMILES string of the molecule is CN(C1CCCC1)S(=O)(=O)c1ccc(CO)c(Cl)c1. The first-order valence-electron chi connectivity index (χ1n) is 6.34. The fourth-order valence-corrected chi connectivity index (χ4v) is 4.19. The molecule has 0 heterocycles. The van der Waals surface area contributed by atoms with E-state index in [0.717, 1.165) is 25.7 Å². The van der Waals surface area contributed by atoms with Crippen LogP contribution < -0.4 is 0 Å². The highest BCUT2D eigenvalue weighted by molar-refractivity contribution is 7.89. The quantitative estimate of drug-likeness (QED) is 0.929. The molecule has 19 heavy (non-hydrogen) atoms. The molecule has 0 radical (unpaired) electrons. The van der Waals surface area contributed by atoms with Gasteiger partial charge < -0.3 is 5.11 Å². The molecule has 1 aliphatic rings. The van der Waals surface area contributed by atoms with Crippen LogP contribution in [-0.4, -0.2) is 30.9 Å². The Balaban J connectivity index is 2.30. The first kappa shape index (κ1) is 14.8. The molecule has 0 amide bonds. The van der Waals surface area contributed by atoms with Crippen molar-refractivity contribution in [3.05, 3.63) is 28.8 Å². The minimum absolute atomic E-state index is 0.0845. The maximum atomic E-state index is 12.5. The Morgan fingerprint density at radius 3 is 2.53 bits per heavy atom. The van der Waals surface area contributed by atoms with Gasteiger partial charge >= 0.3 is 0 Å². The van der Waals surface area contributed by atoms with E-state index >= 15 is 0 Å². The fourth-order valence-electron chi connectivity index (χ4n) is 2.45. The molecule has 1 fully saturated rings. The van der Waals surface area contributed by atoms with Crippen molar-refractivity contribution < 1.29 is 13.5 Å². The summed E-state index contributed by atoms with van der Waals surface area (Å²) in [6.45, 7) is -0.197. The zero-order chi connectivity index (χ0) is 14.0. The number of nitrogens with zero attached hydrogens (tertiary/aromatic N) is 1. The number of hydrogen-bond acceptors (Lipinski definition) is 3. The number of hydrogen-bond donors (Lipinski definition) is 1. The number of aliphatic hydroxyl groups excluding tert-OH is 1. The molecule has 1 N–H and O–H groups in total. The summed E-state index contributed by atoms with van der Waals surface area (Å²) in [5, 5.41) is 9.33. The highest BCUT2D eigenvalue weighted by Gasteiger charge is 2.30. The van der Waals surface area contributed by atoms with Crippen molar-refractivity contribution in [3.63, 3.8) is 0 Å². The van der Waals surface area contributed by atoms with Crippen molar-refractivity contribution in [2.75, 3.05) is 7.05 Å². The summed E-state index contributed by atoms with van der Waals surface area (Å²) in [5.74, 6) is 0. The third-order valence-electron chi connectivity index (χ3n) is 3.71. The van der Waals surface area contributed by atoms with Gasteiger partial charge in [0.05, 0.1) is 11.5 Å². The molecule has 0 atom stereocenters. The fraction of sp³-hybridized carbons (Fsp3) is 0.538. The van der Waals surface area contributed by atoms with Crippen molar-refractivity contribution in [1.82, 2.24) is 4.31 Å². The molecule has 2 rings (SSSR count). The summed E-state index contributed by atoms with van der Waals surface area (Å²) < 4.78 is 26.4. The topological polar surface area (TPSA) is 57.6 Å². The maximum Gasteiger partial charge on any atom is 0.243 e. The van der Waals surface area contributed by atoms with E-state index in [4.69, 9.17) is 16.7 Å². The van der Waals surface area contributed by atoms with E-state index in [1.165, 1.54) is 16.4 Å². The van der Waals surface area contributed by atoms with Gasteiger partial charge in [-0.2, -0.15) is 4.31 Å². The lowest BCUT2D eigenvalue weighted by Crippen LogP contribution is -2.35. The molecule has 4 nitrogen and oxygen atoms in total. The first-order valence-corrected chi connectivity index (χ1v) is 8.16. The second kappa shape index (κ2) is 5.79. The number of benzene rings is 1. The Bertz CT molecular complexity index is 553. The molecule has 0 unspecified atom stereocenters. The minimum atomic E-state index is -3.50. The largest absolute Gasteiger partial charge is 0.392 e. The summed E-state index contributed by atoms with van der Waals surface area (Å²) in [6.07, 6.45) is 3.99. The molecule has 0 aromatic heterocycles. The van der Waals surface area contributed by atoms with Crippen molar-refractivity contribution in [1.29, 1.82) is 0 Å². The van der Waals surface area contributed by atoms with Crippen LogP contribution in [0.1, 0.15) is 31.2 Å². The Kier molecular flexibility index (Phi) is 4.50. The molecule has 0 saturated heterocycles. The molecule has 1 aliphatic carbocycles. The molecule has 6 heteroatoms. The summed E-state index contributed by atoms with van der Waals surface area (Å²) in [6, 6.07) is 4.55. The van der Waals surface area contributed by atoms with Gasteiger partial charge in [-0.1, -0.05) is 30.5 Å². The molecule has 1 aromatic carbocycles. The molecule has 0 spiro atoms. The lowest BCUT2D eigenvalue weighted by atomic mass is 10.2. The van der Waals surface area contributed by atoms with Gasteiger partial charge in [0.25, 0.3) is 0 Å². The Hall–Kier alpha value is -0.620. The standard InChI is InChI=1S/C13H18ClNO3S/c1-15(11-4-2-3-5-11)19(17,18)12-7-6-10(9-16)13(14)8-12/h6-8,11,16H,2-5,9H2,1H3. The number of rotatable bonds is 4. The number of aliphatic hydroxyl groups is 1. The normalized spacial score (nSPS) is 17.3. The van der Waals surface area contributed by atoms with Gasteiger partial charge in [0.15, 0.2) is 0 Å². The molecule has 0 aliphatic heterocycles. The van der Waals surface area contributed by atoms with E-state index in [2.05, 4.69) is 0 Å². The summed E-state index contributed by atoms with van der Waals surface area (Å²) in [5.41, 5.74) is 0.532. The third-order valence-corrected chi connectivity index (χ3v) is 5.97. The molecular weight excluding hydrogens is 286 g/mol. The molecule has 1 saturated carbocycles. The highest BCUT2D eigenvalue weighted by atomic mass is 35.5. The Labute approximate surface area is 119 Å². The Morgan fingerprint density at radius 1 is 1.37 bits per heavy atom. The van der Waals surface area contributed by atoms with Crippen molar-refractivity contribution in [3.8, 4) is 0 Å². The van der Waals surface area contributed by atoms with E-state index in [9.17, 15) is 8.42 Å². The lowest BCUT2D eigenvalue weighted by Gasteiger charge is -2.23. The summed E-state index contributed by atoms with van der Waals surface area (Å²) in [7, 11) is -1.88. The molecule has 106 valence electrons. The van der Waals surface area contributed by atoms with Crippen LogP contribution >= 0.6 is 11.6 Å². The van der Waals surface area contributed by atoms with Gasteiger partial charge in [-0.25, -0.2) is 8.42 Å². The van der Waals surface area contributed by atoms with Crippen molar-refractivity contribution in [2.24, 2.45) is 0 Å². The van der Waals surface area contributed by atoms with E-state index < -0.39 is 10.0 Å². The van der Waals surface area contributed by atoms with Crippen LogP contribution in [0.5, 0.6) is 0 Å². The smallest absolute Gasteiger partial charge is 0.243 e. The monoisotopic (exact) mass is 303 g/mol. The molecule has 1 aromatic rings. The van der Waals surface area contributed by atoms with E-state index in [1.807, 2.05) is 0 Å². The third kappa shape index (κ3) is 2.94. The van der Waals surface area contributed by atoms with E-state index in [1.54, 1.807) is 13.1 Å². The van der Waals surface area contributed by atoms with Gasteiger partial charge in [-0.3, -0.25) is 0 Å². The van der Waals surface area contributed by atoms with Crippen LogP contribution in [0.25, 0.3) is 0 Å². The number of sulfonamides is 1. The molecule has 0 bridgehead atoms. The second-order valence-corrected chi connectivity index (χ2v) is 7.28. The maximum absolute atomic E-state index is 12.5. The summed E-state index contributed by atoms with van der Waals surface area (Å²) in [4.78, 5) is 0.184. The van der Waals surface area contributed by atoms with Crippen molar-refractivity contribution >= 4 is 21.6 Å². The van der Waals surface area contributed by atoms with Crippen LogP contribution in [0.3, 0.4) is 0 Å². The second-order valence-electron chi connectivity index (χ2n) is 4.87. The first-order chi connectivity index (χ1) is 8.96. The van der Waals surface area contributed by atoms with Gasteiger partial charge in [0.2, 0.25) is 10.0 Å². The van der Waals surface area contributed by atoms with Crippen LogP contribution in [0.15, 0.2) is 23.1 Å². The van der Waals surface area contributed by atoms with Gasteiger partial charge in [-0.05, 0) is 30.5 Å². The zero-order valence-electron chi connectivity index (χ0n) is 10.8. The van der Waals surface area contributed by atoms with E-state index in [0.29, 0.717) is 5.56 Å². The van der Waals surface area contributed by atoms with Gasteiger partial charge in [-0.15, -0.1) is 0 Å². The number of halogens is 1. The van der Waals surface area contributed by atoms with Crippen LogP contribution in [0, 0.1) is 0 Å². The van der Waals surface area contributed by atoms with Gasteiger partial charge in [0, 0.05) is 18.1 Å². The predicted molar refractivity (Wildman–Crippen MR) is 74.6 cm³/mol. The Morgan fingerprint density at radius 2 is 2.00 bits per heavy atom. The van der Waals surface area contributed by atoms with Gasteiger partial charge in [0.1, 0.15) is 0 Å². The lowest BCUT2D eigenvalue weighted by molar-refractivity contribution is 0.282. The average Bonchev–Trinajstić information content (AvgIpc) is 2.91. The average molecular weight is 304 g/mol. The predicted octanol–water partition coefficient (Wildman–Crippen LogP) is 2.40. The molecular formula is C13H18ClNO3S. The minimum Gasteiger partial charge on any atom is -0.392 e. The van der Waals surface area contributed by atoms with Crippen LogP contribution in [0.4, 0.5) is 0 Å².